The second-order valence-electron chi connectivity index (χ2n) is 7.64. The van der Waals surface area contributed by atoms with Gasteiger partial charge in [0.2, 0.25) is 0 Å². The third kappa shape index (κ3) is 4.62. The van der Waals surface area contributed by atoms with Gasteiger partial charge < -0.3 is 29.0 Å². The van der Waals surface area contributed by atoms with Crippen molar-refractivity contribution in [3.05, 3.63) is 60.7 Å². The van der Waals surface area contributed by atoms with Gasteiger partial charge in [-0.25, -0.2) is 0 Å². The van der Waals surface area contributed by atoms with Crippen LogP contribution in [0.2, 0.25) is 0 Å². The molecule has 4 N–H and O–H groups in total. The number of rotatable bonds is 7. The summed E-state index contributed by atoms with van der Waals surface area (Å²) in [7, 11) is -8.89. The van der Waals surface area contributed by atoms with E-state index < -0.39 is 15.2 Å². The summed E-state index contributed by atoms with van der Waals surface area (Å²) in [6.07, 6.45) is 0. The molecule has 0 radical (unpaired) electrons. The SMILES string of the molecule is CCOc1ccc2cc(P(=O)(O)O)ccc2c1-c1c(OCC)ccc2cc(P(=O)(O)O)ccc12. The Morgan fingerprint density at radius 2 is 1.00 bits per heavy atom. The van der Waals surface area contributed by atoms with Gasteiger partial charge in [0.1, 0.15) is 11.5 Å². The van der Waals surface area contributed by atoms with Crippen LogP contribution in [0.25, 0.3) is 32.7 Å². The lowest BCUT2D eigenvalue weighted by Gasteiger charge is -2.20. The highest BCUT2D eigenvalue weighted by Crippen LogP contribution is 2.46. The Balaban J connectivity index is 2.12. The van der Waals surface area contributed by atoms with Gasteiger partial charge in [0.25, 0.3) is 0 Å². The lowest BCUT2D eigenvalue weighted by Crippen LogP contribution is -2.05. The Kier molecular flexibility index (Phi) is 6.58. The molecule has 4 aromatic carbocycles. The Hall–Kier alpha value is -2.70. The van der Waals surface area contributed by atoms with Gasteiger partial charge in [-0.1, -0.05) is 24.3 Å². The molecule has 8 nitrogen and oxygen atoms in total. The van der Waals surface area contributed by atoms with Gasteiger partial charge in [0.15, 0.2) is 0 Å². The normalized spacial score (nSPS) is 12.3. The van der Waals surface area contributed by atoms with Crippen LogP contribution in [0.1, 0.15) is 13.8 Å². The molecule has 0 aliphatic heterocycles. The fourth-order valence-corrected chi connectivity index (χ4v) is 5.18. The van der Waals surface area contributed by atoms with Crippen molar-refractivity contribution >= 4 is 47.3 Å². The average Bonchev–Trinajstić information content (AvgIpc) is 2.78. The van der Waals surface area contributed by atoms with Gasteiger partial charge in [-0.15, -0.1) is 0 Å². The minimum atomic E-state index is -4.44. The average molecular weight is 502 g/mol. The number of ether oxygens (including phenoxy) is 2. The molecule has 0 aliphatic carbocycles. The highest BCUT2D eigenvalue weighted by Gasteiger charge is 2.23. The maximum atomic E-state index is 11.8. The Morgan fingerprint density at radius 3 is 1.32 bits per heavy atom. The molecule has 34 heavy (non-hydrogen) atoms. The highest BCUT2D eigenvalue weighted by molar-refractivity contribution is 7.60. The van der Waals surface area contributed by atoms with Crippen LogP contribution in [0.5, 0.6) is 11.5 Å². The molecular formula is C24H24O8P2. The molecule has 0 heterocycles. The summed E-state index contributed by atoms with van der Waals surface area (Å²) in [5.41, 5.74) is 1.32. The maximum absolute atomic E-state index is 11.8. The molecule has 4 aromatic rings. The summed E-state index contributed by atoms with van der Waals surface area (Å²) in [6.45, 7) is 4.47. The lowest BCUT2D eigenvalue weighted by molar-refractivity contribution is 0.337. The summed E-state index contributed by atoms with van der Waals surface area (Å²) in [5, 5.41) is 2.40. The lowest BCUT2D eigenvalue weighted by atomic mass is 9.92. The maximum Gasteiger partial charge on any atom is 0.356 e. The zero-order valence-corrected chi connectivity index (χ0v) is 20.3. The quantitative estimate of drug-likeness (QED) is 0.278. The van der Waals surface area contributed by atoms with E-state index in [1.54, 1.807) is 36.4 Å². The largest absolute Gasteiger partial charge is 0.493 e. The number of hydrogen-bond donors (Lipinski definition) is 4. The van der Waals surface area contributed by atoms with Crippen molar-refractivity contribution in [2.75, 3.05) is 13.2 Å². The van der Waals surface area contributed by atoms with E-state index in [1.165, 1.54) is 24.3 Å². The van der Waals surface area contributed by atoms with Crippen LogP contribution in [0, 0.1) is 0 Å². The van der Waals surface area contributed by atoms with E-state index in [0.29, 0.717) is 57.4 Å². The molecule has 10 heteroatoms. The van der Waals surface area contributed by atoms with Crippen LogP contribution in [-0.4, -0.2) is 32.8 Å². The van der Waals surface area contributed by atoms with Crippen molar-refractivity contribution in [3.63, 3.8) is 0 Å². The minimum Gasteiger partial charge on any atom is -0.493 e. The second-order valence-corrected chi connectivity index (χ2v) is 10.9. The molecule has 0 saturated carbocycles. The van der Waals surface area contributed by atoms with Crippen molar-refractivity contribution in [1.29, 1.82) is 0 Å². The summed E-state index contributed by atoms with van der Waals surface area (Å²) in [4.78, 5) is 38.5. The van der Waals surface area contributed by atoms with Gasteiger partial charge in [-0.05, 0) is 71.8 Å². The third-order valence-electron chi connectivity index (χ3n) is 5.45. The van der Waals surface area contributed by atoms with E-state index in [-0.39, 0.29) is 10.6 Å². The molecular weight excluding hydrogens is 478 g/mol. The molecule has 0 unspecified atom stereocenters. The first-order valence-electron chi connectivity index (χ1n) is 10.6. The van der Waals surface area contributed by atoms with E-state index >= 15 is 0 Å². The van der Waals surface area contributed by atoms with Crippen molar-refractivity contribution in [2.24, 2.45) is 0 Å². The standard InChI is InChI=1S/C24H24O8P2/c1-3-31-21-11-5-15-13-17(33(25,26)27)7-9-19(15)23(21)24-20-10-8-18(34(28,29)30)14-16(20)6-12-22(24)32-4-2/h5-14H,3-4H2,1-2H3,(H2,25,26,27)(H2,28,29,30). The monoisotopic (exact) mass is 502 g/mol. The molecule has 178 valence electrons. The van der Waals surface area contributed by atoms with Gasteiger partial charge in [-0.2, -0.15) is 0 Å². The molecule has 0 aliphatic rings. The molecule has 0 spiro atoms. The fourth-order valence-electron chi connectivity index (χ4n) is 4.02. The van der Waals surface area contributed by atoms with E-state index in [4.69, 9.17) is 9.47 Å². The molecule has 0 atom stereocenters. The van der Waals surface area contributed by atoms with E-state index in [2.05, 4.69) is 0 Å². The first-order valence-corrected chi connectivity index (χ1v) is 13.8. The first kappa shape index (κ1) is 24.4. The van der Waals surface area contributed by atoms with E-state index in [1.807, 2.05) is 13.8 Å². The van der Waals surface area contributed by atoms with Crippen LogP contribution >= 0.6 is 15.2 Å². The van der Waals surface area contributed by atoms with Crippen LogP contribution in [0.3, 0.4) is 0 Å². The number of hydrogen-bond acceptors (Lipinski definition) is 4. The van der Waals surface area contributed by atoms with Gasteiger partial charge >= 0.3 is 15.2 Å². The number of benzene rings is 4. The zero-order valence-electron chi connectivity index (χ0n) is 18.5. The Morgan fingerprint density at radius 1 is 0.618 bits per heavy atom. The molecule has 0 saturated heterocycles. The second kappa shape index (κ2) is 9.16. The van der Waals surface area contributed by atoms with Crippen molar-refractivity contribution in [1.82, 2.24) is 0 Å². The predicted octanol–water partition coefficient (Wildman–Crippen LogP) is 4.06. The topological polar surface area (TPSA) is 134 Å². The molecule has 4 rings (SSSR count). The molecule has 0 amide bonds. The van der Waals surface area contributed by atoms with Crippen LogP contribution < -0.4 is 20.1 Å². The smallest absolute Gasteiger partial charge is 0.356 e. The fraction of sp³-hybridized carbons (Fsp3) is 0.167. The van der Waals surface area contributed by atoms with E-state index in [9.17, 15) is 28.7 Å². The predicted molar refractivity (Wildman–Crippen MR) is 133 cm³/mol. The summed E-state index contributed by atoms with van der Waals surface area (Å²) in [6, 6.07) is 15.9. The molecule has 0 fully saturated rings. The van der Waals surface area contributed by atoms with Crippen LogP contribution in [0.15, 0.2) is 60.7 Å². The summed E-state index contributed by atoms with van der Waals surface area (Å²) >= 11 is 0. The van der Waals surface area contributed by atoms with Crippen molar-refractivity contribution < 1.29 is 38.2 Å². The van der Waals surface area contributed by atoms with E-state index in [0.717, 1.165) is 0 Å². The van der Waals surface area contributed by atoms with Crippen molar-refractivity contribution in [3.8, 4) is 22.6 Å². The summed E-state index contributed by atoms with van der Waals surface area (Å²) < 4.78 is 35.5. The minimum absolute atomic E-state index is 0.0932. The number of fused-ring (bicyclic) bond motifs is 2. The van der Waals surface area contributed by atoms with Crippen molar-refractivity contribution in [2.45, 2.75) is 13.8 Å². The zero-order chi connectivity index (χ0) is 24.7. The van der Waals surface area contributed by atoms with Gasteiger partial charge in [0, 0.05) is 11.1 Å². The first-order chi connectivity index (χ1) is 16.0. The van der Waals surface area contributed by atoms with Gasteiger partial charge in [0.05, 0.1) is 23.8 Å². The molecule has 0 bridgehead atoms. The third-order valence-corrected chi connectivity index (χ3v) is 7.35. The van der Waals surface area contributed by atoms with Crippen LogP contribution in [-0.2, 0) is 9.13 Å². The Bertz CT molecular complexity index is 1370. The highest BCUT2D eigenvalue weighted by atomic mass is 31.2. The van der Waals surface area contributed by atoms with Gasteiger partial charge in [-0.3, -0.25) is 9.13 Å². The van der Waals surface area contributed by atoms with Crippen LogP contribution in [0.4, 0.5) is 0 Å². The summed E-state index contributed by atoms with van der Waals surface area (Å²) in [5.74, 6) is 1.10. The molecule has 0 aromatic heterocycles. The Labute approximate surface area is 196 Å².